The van der Waals surface area contributed by atoms with Gasteiger partial charge in [0.25, 0.3) is 0 Å². The van der Waals surface area contributed by atoms with Crippen LogP contribution in [0, 0.1) is 5.82 Å². The quantitative estimate of drug-likeness (QED) is 0.636. The number of esters is 1. The Morgan fingerprint density at radius 1 is 1.21 bits per heavy atom. The Labute approximate surface area is 114 Å². The first-order chi connectivity index (χ1) is 8.87. The van der Waals surface area contributed by atoms with Crippen molar-refractivity contribution in [3.05, 3.63) is 35.6 Å². The van der Waals surface area contributed by atoms with E-state index < -0.39 is 5.60 Å². The van der Waals surface area contributed by atoms with Crippen LogP contribution in [0.2, 0.25) is 0 Å². The molecule has 0 aliphatic heterocycles. The fraction of sp³-hybridized carbons (Fsp3) is 0.533. The standard InChI is InChI=1S/C15H22FNO2/c1-15(2,3)19-14(18)9-11-17-10-8-12-4-6-13(16)7-5-12/h4-7,17H,8-11H2,1-3H3. The summed E-state index contributed by atoms with van der Waals surface area (Å²) in [5.74, 6) is -0.414. The molecule has 0 radical (unpaired) electrons. The molecule has 0 bridgehead atoms. The van der Waals surface area contributed by atoms with E-state index in [1.807, 2.05) is 20.8 Å². The van der Waals surface area contributed by atoms with E-state index in [4.69, 9.17) is 4.74 Å². The summed E-state index contributed by atoms with van der Waals surface area (Å²) in [6, 6.07) is 6.45. The maximum absolute atomic E-state index is 12.7. The van der Waals surface area contributed by atoms with Gasteiger partial charge in [0.15, 0.2) is 0 Å². The topological polar surface area (TPSA) is 38.3 Å². The van der Waals surface area contributed by atoms with Crippen molar-refractivity contribution in [1.82, 2.24) is 5.32 Å². The molecule has 0 aliphatic carbocycles. The van der Waals surface area contributed by atoms with Crippen molar-refractivity contribution >= 4 is 5.97 Å². The van der Waals surface area contributed by atoms with Crippen LogP contribution < -0.4 is 5.32 Å². The third-order valence-electron chi connectivity index (χ3n) is 2.43. The minimum atomic E-state index is -0.425. The van der Waals surface area contributed by atoms with E-state index in [-0.39, 0.29) is 11.8 Å². The molecule has 0 saturated carbocycles. The molecule has 3 nitrogen and oxygen atoms in total. The fourth-order valence-corrected chi connectivity index (χ4v) is 1.59. The molecule has 0 atom stereocenters. The van der Waals surface area contributed by atoms with Crippen molar-refractivity contribution < 1.29 is 13.9 Å². The zero-order valence-corrected chi connectivity index (χ0v) is 11.8. The second-order valence-corrected chi connectivity index (χ2v) is 5.46. The summed E-state index contributed by atoms with van der Waals surface area (Å²) in [5, 5.41) is 3.17. The number of carbonyl (C=O) groups excluding carboxylic acids is 1. The fourth-order valence-electron chi connectivity index (χ4n) is 1.59. The van der Waals surface area contributed by atoms with Crippen molar-refractivity contribution in [2.45, 2.75) is 39.2 Å². The summed E-state index contributed by atoms with van der Waals surface area (Å²) < 4.78 is 17.9. The molecule has 19 heavy (non-hydrogen) atoms. The van der Waals surface area contributed by atoms with E-state index >= 15 is 0 Å². The lowest BCUT2D eigenvalue weighted by Gasteiger charge is -2.19. The van der Waals surface area contributed by atoms with E-state index in [0.29, 0.717) is 13.0 Å². The largest absolute Gasteiger partial charge is 0.460 e. The molecular formula is C15H22FNO2. The van der Waals surface area contributed by atoms with Crippen LogP contribution in [0.3, 0.4) is 0 Å². The van der Waals surface area contributed by atoms with Crippen LogP contribution in [0.15, 0.2) is 24.3 Å². The third kappa shape index (κ3) is 7.57. The highest BCUT2D eigenvalue weighted by molar-refractivity contribution is 5.70. The van der Waals surface area contributed by atoms with Gasteiger partial charge in [0.05, 0.1) is 6.42 Å². The molecule has 106 valence electrons. The maximum atomic E-state index is 12.7. The summed E-state index contributed by atoms with van der Waals surface area (Å²) >= 11 is 0. The number of ether oxygens (including phenoxy) is 1. The molecule has 0 aliphatic rings. The van der Waals surface area contributed by atoms with E-state index in [1.54, 1.807) is 12.1 Å². The zero-order chi connectivity index (χ0) is 14.3. The minimum Gasteiger partial charge on any atom is -0.460 e. The normalized spacial score (nSPS) is 11.4. The number of benzene rings is 1. The smallest absolute Gasteiger partial charge is 0.307 e. The SMILES string of the molecule is CC(C)(C)OC(=O)CCNCCc1ccc(F)cc1. The van der Waals surface area contributed by atoms with Gasteiger partial charge >= 0.3 is 5.97 Å². The highest BCUT2D eigenvalue weighted by Gasteiger charge is 2.15. The number of carbonyl (C=O) groups is 1. The molecule has 0 unspecified atom stereocenters. The lowest BCUT2D eigenvalue weighted by atomic mass is 10.1. The molecule has 4 heteroatoms. The van der Waals surface area contributed by atoms with Crippen LogP contribution in [-0.2, 0) is 16.0 Å². The zero-order valence-electron chi connectivity index (χ0n) is 11.8. The summed E-state index contributed by atoms with van der Waals surface area (Å²) in [6.07, 6.45) is 1.18. The van der Waals surface area contributed by atoms with Crippen molar-refractivity contribution in [2.75, 3.05) is 13.1 Å². The van der Waals surface area contributed by atoms with Gasteiger partial charge in [-0.2, -0.15) is 0 Å². The Morgan fingerprint density at radius 3 is 2.42 bits per heavy atom. The predicted molar refractivity (Wildman–Crippen MR) is 73.4 cm³/mol. The van der Waals surface area contributed by atoms with Crippen molar-refractivity contribution in [2.24, 2.45) is 0 Å². The van der Waals surface area contributed by atoms with Crippen LogP contribution >= 0.6 is 0 Å². The minimum absolute atomic E-state index is 0.193. The molecule has 1 aromatic carbocycles. The Bertz CT molecular complexity index is 396. The predicted octanol–water partition coefficient (Wildman–Crippen LogP) is 2.69. The first-order valence-electron chi connectivity index (χ1n) is 6.54. The number of halogens is 1. The number of hydrogen-bond acceptors (Lipinski definition) is 3. The Kier molecular flexibility index (Phi) is 5.96. The number of nitrogens with one attached hydrogen (secondary N) is 1. The molecular weight excluding hydrogens is 245 g/mol. The average molecular weight is 267 g/mol. The van der Waals surface area contributed by atoms with E-state index in [1.165, 1.54) is 12.1 Å². The molecule has 0 fully saturated rings. The second-order valence-electron chi connectivity index (χ2n) is 5.46. The lowest BCUT2D eigenvalue weighted by Crippen LogP contribution is -2.27. The highest BCUT2D eigenvalue weighted by Crippen LogP contribution is 2.07. The van der Waals surface area contributed by atoms with Crippen molar-refractivity contribution in [3.63, 3.8) is 0 Å². The lowest BCUT2D eigenvalue weighted by molar-refractivity contribution is -0.154. The van der Waals surface area contributed by atoms with Crippen molar-refractivity contribution in [3.8, 4) is 0 Å². The van der Waals surface area contributed by atoms with Gasteiger partial charge in [0, 0.05) is 6.54 Å². The van der Waals surface area contributed by atoms with Gasteiger partial charge in [-0.05, 0) is 51.4 Å². The Morgan fingerprint density at radius 2 is 1.84 bits per heavy atom. The van der Waals surface area contributed by atoms with Gasteiger partial charge in [-0.1, -0.05) is 12.1 Å². The number of hydrogen-bond donors (Lipinski definition) is 1. The summed E-state index contributed by atoms with van der Waals surface area (Å²) in [6.45, 7) is 6.91. The molecule has 1 rings (SSSR count). The molecule has 0 heterocycles. The van der Waals surface area contributed by atoms with Gasteiger partial charge < -0.3 is 10.1 Å². The summed E-state index contributed by atoms with van der Waals surface area (Å²) in [5.41, 5.74) is 0.650. The van der Waals surface area contributed by atoms with Gasteiger partial charge in [0.1, 0.15) is 11.4 Å². The van der Waals surface area contributed by atoms with E-state index in [9.17, 15) is 9.18 Å². The van der Waals surface area contributed by atoms with Gasteiger partial charge in [-0.15, -0.1) is 0 Å². The van der Waals surface area contributed by atoms with Crippen LogP contribution in [0.1, 0.15) is 32.8 Å². The summed E-state index contributed by atoms with van der Waals surface area (Å²) in [4.78, 5) is 11.4. The molecule has 0 aromatic heterocycles. The maximum Gasteiger partial charge on any atom is 0.307 e. The average Bonchev–Trinajstić information content (AvgIpc) is 2.29. The van der Waals surface area contributed by atoms with Crippen LogP contribution in [-0.4, -0.2) is 24.7 Å². The van der Waals surface area contributed by atoms with Crippen LogP contribution in [0.25, 0.3) is 0 Å². The Hall–Kier alpha value is -1.42. The molecule has 1 N–H and O–H groups in total. The Balaban J connectivity index is 2.11. The third-order valence-corrected chi connectivity index (χ3v) is 2.43. The monoisotopic (exact) mass is 267 g/mol. The first kappa shape index (κ1) is 15.6. The first-order valence-corrected chi connectivity index (χ1v) is 6.54. The molecule has 0 amide bonds. The van der Waals surface area contributed by atoms with E-state index in [0.717, 1.165) is 18.5 Å². The van der Waals surface area contributed by atoms with Gasteiger partial charge in [-0.3, -0.25) is 4.79 Å². The molecule has 0 spiro atoms. The highest BCUT2D eigenvalue weighted by atomic mass is 19.1. The second kappa shape index (κ2) is 7.24. The summed E-state index contributed by atoms with van der Waals surface area (Å²) in [7, 11) is 0. The van der Waals surface area contributed by atoms with Crippen molar-refractivity contribution in [1.29, 1.82) is 0 Å². The molecule has 0 saturated heterocycles. The van der Waals surface area contributed by atoms with E-state index in [2.05, 4.69) is 5.32 Å². The van der Waals surface area contributed by atoms with Crippen LogP contribution in [0.5, 0.6) is 0 Å². The molecule has 1 aromatic rings. The van der Waals surface area contributed by atoms with Crippen LogP contribution in [0.4, 0.5) is 4.39 Å². The number of rotatable bonds is 6. The van der Waals surface area contributed by atoms with Gasteiger partial charge in [-0.25, -0.2) is 4.39 Å². The van der Waals surface area contributed by atoms with Gasteiger partial charge in [0.2, 0.25) is 0 Å².